The number of hydrogen-bond acceptors (Lipinski definition) is 4. The van der Waals surface area contributed by atoms with Crippen LogP contribution in [0.5, 0.6) is 0 Å². The van der Waals surface area contributed by atoms with E-state index in [9.17, 15) is 0 Å². The van der Waals surface area contributed by atoms with Gasteiger partial charge < -0.3 is 5.21 Å². The van der Waals surface area contributed by atoms with E-state index in [-0.39, 0.29) is 0 Å². The number of benzene rings is 1. The summed E-state index contributed by atoms with van der Waals surface area (Å²) in [6.45, 7) is 0. The van der Waals surface area contributed by atoms with Gasteiger partial charge in [0.2, 0.25) is 0 Å². The van der Waals surface area contributed by atoms with Crippen molar-refractivity contribution >= 4 is 17.6 Å². The first-order valence-corrected chi connectivity index (χ1v) is 6.92. The van der Waals surface area contributed by atoms with E-state index in [0.29, 0.717) is 0 Å². The normalized spacial score (nSPS) is 11.1. The molecule has 0 unspecified atom stereocenters. The Kier molecular flexibility index (Phi) is 4.90. The number of rotatable bonds is 6. The number of oxime groups is 1. The molecule has 0 spiro atoms. The van der Waals surface area contributed by atoms with Crippen LogP contribution >= 0.6 is 11.3 Å². The van der Waals surface area contributed by atoms with Crippen molar-refractivity contribution in [3.8, 4) is 0 Å². The third-order valence-corrected chi connectivity index (χ3v) is 3.64. The van der Waals surface area contributed by atoms with Gasteiger partial charge >= 0.3 is 0 Å². The molecule has 1 heterocycles. The molecule has 0 aliphatic rings. The lowest BCUT2D eigenvalue weighted by Crippen LogP contribution is -1.89. The maximum atomic E-state index is 8.40. The van der Waals surface area contributed by atoms with Crippen LogP contribution < -0.4 is 0 Å². The second kappa shape index (κ2) is 6.91. The molecule has 0 atom stereocenters. The van der Waals surface area contributed by atoms with Gasteiger partial charge in [0.15, 0.2) is 0 Å². The van der Waals surface area contributed by atoms with Gasteiger partial charge in [0.25, 0.3) is 0 Å². The number of aromatic nitrogens is 1. The van der Waals surface area contributed by atoms with E-state index in [4.69, 9.17) is 5.21 Å². The average molecular weight is 260 g/mol. The van der Waals surface area contributed by atoms with Crippen LogP contribution in [0, 0.1) is 0 Å². The number of aryl methyl sites for hydroxylation is 2. The van der Waals surface area contributed by atoms with Gasteiger partial charge in [0.05, 0.1) is 16.9 Å². The summed E-state index contributed by atoms with van der Waals surface area (Å²) in [5, 5.41) is 14.4. The highest BCUT2D eigenvalue weighted by atomic mass is 32.1. The van der Waals surface area contributed by atoms with Crippen molar-refractivity contribution in [1.82, 2.24) is 4.98 Å². The maximum absolute atomic E-state index is 8.40. The predicted molar refractivity (Wildman–Crippen MR) is 74.6 cm³/mol. The Bertz CT molecular complexity index is 494. The number of hydrogen-bond donors (Lipinski definition) is 1. The first-order valence-electron chi connectivity index (χ1n) is 6.04. The van der Waals surface area contributed by atoms with Crippen molar-refractivity contribution in [2.45, 2.75) is 25.7 Å². The minimum atomic E-state index is 0.737. The fourth-order valence-electron chi connectivity index (χ4n) is 1.81. The molecule has 0 bridgehead atoms. The van der Waals surface area contributed by atoms with E-state index >= 15 is 0 Å². The zero-order valence-electron chi connectivity index (χ0n) is 10.1. The molecule has 0 radical (unpaired) electrons. The molecular formula is C14H16N2OS. The summed E-state index contributed by atoms with van der Waals surface area (Å²) in [4.78, 5) is 4.35. The molecule has 0 amide bonds. The largest absolute Gasteiger partial charge is 0.411 e. The van der Waals surface area contributed by atoms with Gasteiger partial charge in [-0.15, -0.1) is 11.3 Å². The molecule has 4 heteroatoms. The topological polar surface area (TPSA) is 45.5 Å². The zero-order valence-corrected chi connectivity index (χ0v) is 10.9. The van der Waals surface area contributed by atoms with Gasteiger partial charge in [-0.2, -0.15) is 0 Å². The molecule has 0 aliphatic carbocycles. The van der Waals surface area contributed by atoms with Gasteiger partial charge in [0.1, 0.15) is 0 Å². The highest BCUT2D eigenvalue weighted by molar-refractivity contribution is 7.09. The summed E-state index contributed by atoms with van der Waals surface area (Å²) in [7, 11) is 0. The third kappa shape index (κ3) is 3.96. The maximum Gasteiger partial charge on any atom is 0.0958 e. The lowest BCUT2D eigenvalue weighted by molar-refractivity contribution is 0.321. The molecule has 1 aromatic carbocycles. The first kappa shape index (κ1) is 12.8. The SMILES string of the molecule is O/N=C\c1csc(CCCCc2ccccc2)n1. The molecule has 0 saturated carbocycles. The number of unbranched alkanes of at least 4 members (excludes halogenated alkanes) is 1. The van der Waals surface area contributed by atoms with Crippen LogP contribution in [0.15, 0.2) is 40.9 Å². The van der Waals surface area contributed by atoms with Crippen LogP contribution in [0.3, 0.4) is 0 Å². The number of nitrogens with zero attached hydrogens (tertiary/aromatic N) is 2. The second-order valence-electron chi connectivity index (χ2n) is 4.10. The summed E-state index contributed by atoms with van der Waals surface area (Å²) >= 11 is 1.62. The highest BCUT2D eigenvalue weighted by Crippen LogP contribution is 2.13. The molecule has 94 valence electrons. The third-order valence-electron chi connectivity index (χ3n) is 2.71. The van der Waals surface area contributed by atoms with Crippen LogP contribution in [0.2, 0.25) is 0 Å². The molecule has 0 fully saturated rings. The molecule has 3 nitrogen and oxygen atoms in total. The van der Waals surface area contributed by atoms with E-state index in [1.165, 1.54) is 18.2 Å². The zero-order chi connectivity index (χ0) is 12.6. The van der Waals surface area contributed by atoms with E-state index in [1.54, 1.807) is 11.3 Å². The second-order valence-corrected chi connectivity index (χ2v) is 5.05. The highest BCUT2D eigenvalue weighted by Gasteiger charge is 2.00. The Hall–Kier alpha value is -1.68. The van der Waals surface area contributed by atoms with Gasteiger partial charge in [-0.05, 0) is 31.2 Å². The van der Waals surface area contributed by atoms with Crippen molar-refractivity contribution in [2.24, 2.45) is 5.16 Å². The molecule has 0 saturated heterocycles. The predicted octanol–water partition coefficient (Wildman–Crippen LogP) is 3.52. The van der Waals surface area contributed by atoms with Gasteiger partial charge in [0, 0.05) is 5.38 Å². The van der Waals surface area contributed by atoms with Gasteiger partial charge in [-0.25, -0.2) is 4.98 Å². The Morgan fingerprint density at radius 3 is 2.72 bits per heavy atom. The smallest absolute Gasteiger partial charge is 0.0958 e. The summed E-state index contributed by atoms with van der Waals surface area (Å²) in [6, 6.07) is 10.5. The summed E-state index contributed by atoms with van der Waals surface area (Å²) in [6.07, 6.45) is 5.79. The fourth-order valence-corrected chi connectivity index (χ4v) is 2.60. The fraction of sp³-hybridized carbons (Fsp3) is 0.286. The molecule has 1 aromatic heterocycles. The lowest BCUT2D eigenvalue weighted by Gasteiger charge is -1.99. The minimum absolute atomic E-state index is 0.737. The Morgan fingerprint density at radius 1 is 1.17 bits per heavy atom. The van der Waals surface area contributed by atoms with E-state index in [0.717, 1.165) is 30.0 Å². The average Bonchev–Trinajstić information content (AvgIpc) is 2.84. The van der Waals surface area contributed by atoms with Gasteiger partial charge in [-0.1, -0.05) is 35.5 Å². The molecule has 2 aromatic rings. The Balaban J connectivity index is 1.72. The Labute approximate surface area is 111 Å². The lowest BCUT2D eigenvalue weighted by atomic mass is 10.1. The van der Waals surface area contributed by atoms with Crippen LogP contribution in [-0.4, -0.2) is 16.4 Å². The standard InChI is InChI=1S/C14H16N2OS/c17-15-10-13-11-18-14(16-13)9-5-4-8-12-6-2-1-3-7-12/h1-3,6-7,10-11,17H,4-5,8-9H2/b15-10-. The molecular weight excluding hydrogens is 244 g/mol. The molecule has 2 rings (SSSR count). The Morgan fingerprint density at radius 2 is 1.94 bits per heavy atom. The molecule has 0 aliphatic heterocycles. The summed E-state index contributed by atoms with van der Waals surface area (Å²) in [5.74, 6) is 0. The van der Waals surface area contributed by atoms with Gasteiger partial charge in [-0.3, -0.25) is 0 Å². The van der Waals surface area contributed by atoms with E-state index in [2.05, 4.69) is 34.4 Å². The van der Waals surface area contributed by atoms with Crippen LogP contribution in [0.25, 0.3) is 0 Å². The van der Waals surface area contributed by atoms with Crippen molar-refractivity contribution in [3.63, 3.8) is 0 Å². The monoisotopic (exact) mass is 260 g/mol. The quantitative estimate of drug-likeness (QED) is 0.374. The van der Waals surface area contributed by atoms with Crippen molar-refractivity contribution in [3.05, 3.63) is 52.0 Å². The first-order chi connectivity index (χ1) is 8.88. The molecule has 1 N–H and O–H groups in total. The summed E-state index contributed by atoms with van der Waals surface area (Å²) in [5.41, 5.74) is 2.13. The number of thiazole rings is 1. The van der Waals surface area contributed by atoms with Crippen molar-refractivity contribution in [1.29, 1.82) is 0 Å². The van der Waals surface area contributed by atoms with E-state index < -0.39 is 0 Å². The summed E-state index contributed by atoms with van der Waals surface area (Å²) < 4.78 is 0. The van der Waals surface area contributed by atoms with Crippen molar-refractivity contribution < 1.29 is 5.21 Å². The van der Waals surface area contributed by atoms with Crippen molar-refractivity contribution in [2.75, 3.05) is 0 Å². The van der Waals surface area contributed by atoms with Crippen LogP contribution in [0.4, 0.5) is 0 Å². The minimum Gasteiger partial charge on any atom is -0.411 e. The molecule has 18 heavy (non-hydrogen) atoms. The van der Waals surface area contributed by atoms with Crippen LogP contribution in [0.1, 0.15) is 29.1 Å². The van der Waals surface area contributed by atoms with E-state index in [1.807, 2.05) is 11.4 Å². The van der Waals surface area contributed by atoms with Crippen LogP contribution in [-0.2, 0) is 12.8 Å².